The predicted molar refractivity (Wildman–Crippen MR) is 84.7 cm³/mol. The van der Waals surface area contributed by atoms with Gasteiger partial charge in [-0.15, -0.1) is 0 Å². The SMILES string of the molecule is CCNc1cc(CN(CC)C(C)COC)ccc1[N+](=O)[O-]. The molecule has 0 saturated heterocycles. The van der Waals surface area contributed by atoms with Crippen LogP contribution in [0.3, 0.4) is 0 Å². The average molecular weight is 295 g/mol. The quantitative estimate of drug-likeness (QED) is 0.560. The first kappa shape index (κ1) is 17.4. The third-order valence-corrected chi connectivity index (χ3v) is 3.45. The highest BCUT2D eigenvalue weighted by Crippen LogP contribution is 2.26. The molecule has 0 radical (unpaired) electrons. The minimum absolute atomic E-state index is 0.119. The van der Waals surface area contributed by atoms with Crippen molar-refractivity contribution in [1.29, 1.82) is 0 Å². The summed E-state index contributed by atoms with van der Waals surface area (Å²) in [5, 5.41) is 14.1. The van der Waals surface area contributed by atoms with Gasteiger partial charge in [-0.1, -0.05) is 13.0 Å². The van der Waals surface area contributed by atoms with E-state index in [0.29, 0.717) is 24.9 Å². The fraction of sp³-hybridized carbons (Fsp3) is 0.600. The van der Waals surface area contributed by atoms with Crippen molar-refractivity contribution in [3.05, 3.63) is 33.9 Å². The molecule has 0 aliphatic heterocycles. The second-order valence-electron chi connectivity index (χ2n) is 5.01. The zero-order valence-corrected chi connectivity index (χ0v) is 13.3. The topological polar surface area (TPSA) is 67.6 Å². The highest BCUT2D eigenvalue weighted by Gasteiger charge is 2.16. The van der Waals surface area contributed by atoms with Gasteiger partial charge in [-0.2, -0.15) is 0 Å². The molecule has 118 valence electrons. The number of ether oxygens (including phenoxy) is 1. The molecule has 1 unspecified atom stereocenters. The first-order valence-corrected chi connectivity index (χ1v) is 7.27. The van der Waals surface area contributed by atoms with E-state index in [1.54, 1.807) is 13.2 Å². The molecule has 0 aromatic heterocycles. The summed E-state index contributed by atoms with van der Waals surface area (Å²) in [5.74, 6) is 0. The minimum atomic E-state index is -0.354. The summed E-state index contributed by atoms with van der Waals surface area (Å²) in [7, 11) is 1.69. The molecular weight excluding hydrogens is 270 g/mol. The predicted octanol–water partition coefficient (Wildman–Crippen LogP) is 2.88. The van der Waals surface area contributed by atoms with Gasteiger partial charge < -0.3 is 10.1 Å². The van der Waals surface area contributed by atoms with Gasteiger partial charge in [0.1, 0.15) is 5.69 Å². The number of nitro groups is 1. The molecule has 0 bridgehead atoms. The lowest BCUT2D eigenvalue weighted by atomic mass is 10.1. The maximum absolute atomic E-state index is 11.0. The first-order chi connectivity index (χ1) is 10.0. The molecule has 1 aromatic rings. The van der Waals surface area contributed by atoms with Crippen molar-refractivity contribution in [2.75, 3.05) is 32.1 Å². The molecule has 1 rings (SSSR count). The summed E-state index contributed by atoms with van der Waals surface area (Å²) < 4.78 is 5.19. The zero-order valence-electron chi connectivity index (χ0n) is 13.3. The van der Waals surface area contributed by atoms with Crippen LogP contribution in [-0.2, 0) is 11.3 Å². The zero-order chi connectivity index (χ0) is 15.8. The molecule has 0 fully saturated rings. The second-order valence-corrected chi connectivity index (χ2v) is 5.01. The van der Waals surface area contributed by atoms with Crippen LogP contribution in [0.15, 0.2) is 18.2 Å². The van der Waals surface area contributed by atoms with E-state index in [-0.39, 0.29) is 10.6 Å². The number of anilines is 1. The fourth-order valence-electron chi connectivity index (χ4n) is 2.33. The van der Waals surface area contributed by atoms with Gasteiger partial charge in [0, 0.05) is 32.3 Å². The number of nitro benzene ring substituents is 1. The molecule has 1 atom stereocenters. The third kappa shape index (κ3) is 4.99. The van der Waals surface area contributed by atoms with Gasteiger partial charge in [-0.25, -0.2) is 0 Å². The van der Waals surface area contributed by atoms with Crippen LogP contribution in [0.2, 0.25) is 0 Å². The number of hydrogen-bond acceptors (Lipinski definition) is 5. The number of likely N-dealkylation sites (N-methyl/N-ethyl adjacent to an activating group) is 1. The van der Waals surface area contributed by atoms with Crippen molar-refractivity contribution >= 4 is 11.4 Å². The van der Waals surface area contributed by atoms with E-state index in [1.165, 1.54) is 0 Å². The number of nitrogens with zero attached hydrogens (tertiary/aromatic N) is 2. The molecule has 0 spiro atoms. The van der Waals surface area contributed by atoms with Gasteiger partial charge in [-0.05, 0) is 32.0 Å². The van der Waals surface area contributed by atoms with Crippen molar-refractivity contribution in [3.8, 4) is 0 Å². The van der Waals surface area contributed by atoms with Crippen LogP contribution in [0.4, 0.5) is 11.4 Å². The second kappa shape index (κ2) is 8.59. The van der Waals surface area contributed by atoms with Gasteiger partial charge in [-0.3, -0.25) is 15.0 Å². The maximum atomic E-state index is 11.0. The molecule has 0 amide bonds. The lowest BCUT2D eigenvalue weighted by molar-refractivity contribution is -0.384. The summed E-state index contributed by atoms with van der Waals surface area (Å²) in [4.78, 5) is 12.9. The van der Waals surface area contributed by atoms with Crippen LogP contribution < -0.4 is 5.32 Å². The largest absolute Gasteiger partial charge is 0.383 e. The Labute approximate surface area is 126 Å². The Morgan fingerprint density at radius 3 is 2.67 bits per heavy atom. The molecule has 0 aliphatic carbocycles. The van der Waals surface area contributed by atoms with E-state index < -0.39 is 0 Å². The molecule has 0 aliphatic rings. The number of benzene rings is 1. The number of hydrogen-bond donors (Lipinski definition) is 1. The van der Waals surface area contributed by atoms with Gasteiger partial charge in [0.25, 0.3) is 5.69 Å². The highest BCUT2D eigenvalue weighted by atomic mass is 16.6. The highest BCUT2D eigenvalue weighted by molar-refractivity contribution is 5.62. The van der Waals surface area contributed by atoms with Gasteiger partial charge in [0.15, 0.2) is 0 Å². The molecule has 6 heteroatoms. The normalized spacial score (nSPS) is 12.4. The standard InChI is InChI=1S/C15H25N3O3/c1-5-16-14-9-13(7-8-15(14)18(19)20)10-17(6-2)12(3)11-21-4/h7-9,12,16H,5-6,10-11H2,1-4H3. The van der Waals surface area contributed by atoms with Crippen molar-refractivity contribution in [2.45, 2.75) is 33.4 Å². The molecule has 21 heavy (non-hydrogen) atoms. The summed E-state index contributed by atoms with van der Waals surface area (Å²) in [6.07, 6.45) is 0. The molecule has 1 aromatic carbocycles. The van der Waals surface area contributed by atoms with Crippen LogP contribution in [0.1, 0.15) is 26.3 Å². The Hall–Kier alpha value is -1.66. The molecule has 6 nitrogen and oxygen atoms in total. The summed E-state index contributed by atoms with van der Waals surface area (Å²) in [6.45, 7) is 9.11. The van der Waals surface area contributed by atoms with E-state index in [4.69, 9.17) is 4.74 Å². The Kier molecular flexibility index (Phi) is 7.11. The van der Waals surface area contributed by atoms with Crippen LogP contribution in [-0.4, -0.2) is 42.7 Å². The van der Waals surface area contributed by atoms with Crippen LogP contribution in [0, 0.1) is 10.1 Å². The van der Waals surface area contributed by atoms with E-state index in [1.807, 2.05) is 19.1 Å². The molecular formula is C15H25N3O3. The van der Waals surface area contributed by atoms with Crippen molar-refractivity contribution in [2.24, 2.45) is 0 Å². The van der Waals surface area contributed by atoms with Crippen molar-refractivity contribution < 1.29 is 9.66 Å². The molecule has 0 heterocycles. The number of methoxy groups -OCH3 is 1. The van der Waals surface area contributed by atoms with Crippen molar-refractivity contribution in [3.63, 3.8) is 0 Å². The van der Waals surface area contributed by atoms with Gasteiger partial charge in [0.05, 0.1) is 11.5 Å². The van der Waals surface area contributed by atoms with E-state index >= 15 is 0 Å². The van der Waals surface area contributed by atoms with Crippen LogP contribution in [0.5, 0.6) is 0 Å². The summed E-state index contributed by atoms with van der Waals surface area (Å²) in [6, 6.07) is 5.56. The Morgan fingerprint density at radius 2 is 2.14 bits per heavy atom. The van der Waals surface area contributed by atoms with E-state index in [0.717, 1.165) is 18.7 Å². The minimum Gasteiger partial charge on any atom is -0.383 e. The maximum Gasteiger partial charge on any atom is 0.292 e. The van der Waals surface area contributed by atoms with E-state index in [2.05, 4.69) is 24.1 Å². The smallest absolute Gasteiger partial charge is 0.292 e. The molecule has 1 N–H and O–H groups in total. The average Bonchev–Trinajstić information content (AvgIpc) is 2.45. The molecule has 0 saturated carbocycles. The lowest BCUT2D eigenvalue weighted by Crippen LogP contribution is -2.35. The lowest BCUT2D eigenvalue weighted by Gasteiger charge is -2.27. The summed E-state index contributed by atoms with van der Waals surface area (Å²) >= 11 is 0. The van der Waals surface area contributed by atoms with Crippen LogP contribution >= 0.6 is 0 Å². The Bertz CT molecular complexity index is 465. The number of nitrogens with one attached hydrogen (secondary N) is 1. The first-order valence-electron chi connectivity index (χ1n) is 7.27. The third-order valence-electron chi connectivity index (χ3n) is 3.45. The van der Waals surface area contributed by atoms with Crippen molar-refractivity contribution in [1.82, 2.24) is 4.90 Å². The Balaban J connectivity index is 2.92. The van der Waals surface area contributed by atoms with Gasteiger partial charge >= 0.3 is 0 Å². The Morgan fingerprint density at radius 1 is 1.43 bits per heavy atom. The monoisotopic (exact) mass is 295 g/mol. The van der Waals surface area contributed by atoms with Crippen LogP contribution in [0.25, 0.3) is 0 Å². The van der Waals surface area contributed by atoms with Gasteiger partial charge in [0.2, 0.25) is 0 Å². The fourth-order valence-corrected chi connectivity index (χ4v) is 2.33. The number of rotatable bonds is 9. The summed E-state index contributed by atoms with van der Waals surface area (Å²) in [5.41, 5.74) is 1.75. The van der Waals surface area contributed by atoms with E-state index in [9.17, 15) is 10.1 Å².